The van der Waals surface area contributed by atoms with Crippen molar-refractivity contribution in [3.63, 3.8) is 0 Å². The second-order valence-corrected chi connectivity index (χ2v) is 16.7. The zero-order valence-corrected chi connectivity index (χ0v) is 33.8. The van der Waals surface area contributed by atoms with Crippen LogP contribution in [-0.4, -0.2) is 0 Å². The summed E-state index contributed by atoms with van der Waals surface area (Å²) in [5.74, 6) is 0. The lowest BCUT2D eigenvalue weighted by molar-refractivity contribution is 0.670. The van der Waals surface area contributed by atoms with Crippen LogP contribution in [-0.2, 0) is 5.41 Å². The highest BCUT2D eigenvalue weighted by molar-refractivity contribution is 6.27. The molecule has 0 spiro atoms. The highest BCUT2D eigenvalue weighted by Gasteiger charge is 2.46. The molecule has 1 aromatic heterocycles. The molecule has 0 aliphatic heterocycles. The number of fused-ring (bicyclic) bond motifs is 9. The molecule has 62 heavy (non-hydrogen) atoms. The van der Waals surface area contributed by atoms with Gasteiger partial charge in [-0.25, -0.2) is 0 Å². The molecule has 1 heterocycles. The summed E-state index contributed by atoms with van der Waals surface area (Å²) in [5, 5.41) is 9.64. The van der Waals surface area contributed by atoms with E-state index in [1.807, 2.05) is 0 Å². The first-order valence-corrected chi connectivity index (χ1v) is 21.5. The molecule has 1 aliphatic rings. The number of rotatable bonds is 5. The SMILES string of the molecule is c1ccc(C2(c3ccccc3)c3ccccc3-c3ccc(-c4ccc(-c5c6ccccc6c(-c6ccc7ccccc7c6)c6ccccc56)c5c4oc4ccccc45)cc32)cc1. The Kier molecular flexibility index (Phi) is 7.59. The summed E-state index contributed by atoms with van der Waals surface area (Å²) in [6.07, 6.45) is 0. The van der Waals surface area contributed by atoms with Crippen molar-refractivity contribution >= 4 is 54.3 Å². The van der Waals surface area contributed by atoms with Crippen LogP contribution >= 0.6 is 0 Å². The third kappa shape index (κ3) is 4.91. The van der Waals surface area contributed by atoms with Crippen LogP contribution in [0.5, 0.6) is 0 Å². The Labute approximate surface area is 359 Å². The average molecular weight is 787 g/mol. The first-order valence-electron chi connectivity index (χ1n) is 21.5. The van der Waals surface area contributed by atoms with Crippen LogP contribution in [0.15, 0.2) is 235 Å². The molecule has 0 fully saturated rings. The topological polar surface area (TPSA) is 13.1 Å². The maximum absolute atomic E-state index is 7.06. The zero-order chi connectivity index (χ0) is 40.8. The summed E-state index contributed by atoms with van der Waals surface area (Å²) < 4.78 is 7.06. The second kappa shape index (κ2) is 13.5. The molecule has 0 N–H and O–H groups in total. The predicted octanol–water partition coefficient (Wildman–Crippen LogP) is 16.4. The fourth-order valence-corrected chi connectivity index (χ4v) is 11.0. The highest BCUT2D eigenvalue weighted by atomic mass is 16.3. The van der Waals surface area contributed by atoms with Gasteiger partial charge in [-0.2, -0.15) is 0 Å². The molecular formula is C61H38O. The van der Waals surface area contributed by atoms with Gasteiger partial charge in [-0.1, -0.05) is 206 Å². The van der Waals surface area contributed by atoms with Gasteiger partial charge in [0, 0.05) is 16.3 Å². The van der Waals surface area contributed by atoms with E-state index in [1.54, 1.807) is 0 Å². The third-order valence-corrected chi connectivity index (χ3v) is 13.5. The Morgan fingerprint density at radius 1 is 0.306 bits per heavy atom. The van der Waals surface area contributed by atoms with E-state index < -0.39 is 5.41 Å². The Bertz CT molecular complexity index is 3650. The van der Waals surface area contributed by atoms with E-state index in [2.05, 4.69) is 231 Å². The minimum atomic E-state index is -0.498. The molecule has 288 valence electrons. The van der Waals surface area contributed by atoms with Crippen LogP contribution in [0.25, 0.3) is 98.8 Å². The van der Waals surface area contributed by atoms with E-state index in [9.17, 15) is 0 Å². The number of furan rings is 1. The normalized spacial score (nSPS) is 13.0. The smallest absolute Gasteiger partial charge is 0.143 e. The van der Waals surface area contributed by atoms with Crippen molar-refractivity contribution in [1.29, 1.82) is 0 Å². The van der Waals surface area contributed by atoms with Gasteiger partial charge in [0.1, 0.15) is 11.2 Å². The average Bonchev–Trinajstić information content (AvgIpc) is 3.88. The highest BCUT2D eigenvalue weighted by Crippen LogP contribution is 2.57. The monoisotopic (exact) mass is 786 g/mol. The van der Waals surface area contributed by atoms with Crippen molar-refractivity contribution in [3.05, 3.63) is 253 Å². The Balaban J connectivity index is 1.09. The second-order valence-electron chi connectivity index (χ2n) is 16.7. The Morgan fingerprint density at radius 3 is 1.53 bits per heavy atom. The molecule has 0 saturated heterocycles. The number of benzene rings is 11. The molecule has 0 unspecified atom stereocenters. The van der Waals surface area contributed by atoms with Crippen molar-refractivity contribution in [2.75, 3.05) is 0 Å². The molecule has 0 saturated carbocycles. The van der Waals surface area contributed by atoms with Gasteiger partial charge in [0.25, 0.3) is 0 Å². The fourth-order valence-electron chi connectivity index (χ4n) is 11.0. The molecule has 0 amide bonds. The van der Waals surface area contributed by atoms with Gasteiger partial charge >= 0.3 is 0 Å². The molecule has 13 rings (SSSR count). The summed E-state index contributed by atoms with van der Waals surface area (Å²) >= 11 is 0. The van der Waals surface area contributed by atoms with Crippen LogP contribution in [0.2, 0.25) is 0 Å². The van der Waals surface area contributed by atoms with Crippen molar-refractivity contribution in [1.82, 2.24) is 0 Å². The minimum absolute atomic E-state index is 0.498. The molecule has 0 atom stereocenters. The standard InChI is InChI=1S/C61H38O/c1-3-19-43(20-4-1)61(44-21-5-2-6-22-44)54-29-15-13-23-46(54)47-34-33-41(38-55(47)61)45-35-36-53(59-52-28-14-16-30-56(52)62-60(45)59)58-50-26-11-9-24-48(50)57(49-25-10-12-27-51(49)58)42-32-31-39-17-7-8-18-40(39)37-42/h1-38H. The van der Waals surface area contributed by atoms with Crippen molar-refractivity contribution in [3.8, 4) is 44.5 Å². The summed E-state index contributed by atoms with van der Waals surface area (Å²) in [7, 11) is 0. The van der Waals surface area contributed by atoms with Gasteiger partial charge in [-0.15, -0.1) is 0 Å². The van der Waals surface area contributed by atoms with E-state index >= 15 is 0 Å². The van der Waals surface area contributed by atoms with Crippen LogP contribution in [0.4, 0.5) is 0 Å². The van der Waals surface area contributed by atoms with E-state index in [-0.39, 0.29) is 0 Å². The lowest BCUT2D eigenvalue weighted by Crippen LogP contribution is -2.28. The van der Waals surface area contributed by atoms with Crippen molar-refractivity contribution in [2.24, 2.45) is 0 Å². The van der Waals surface area contributed by atoms with E-state index in [0.717, 1.165) is 33.1 Å². The Morgan fingerprint density at radius 2 is 0.823 bits per heavy atom. The summed E-state index contributed by atoms with van der Waals surface area (Å²) in [6, 6.07) is 84.7. The number of para-hydroxylation sites is 1. The molecule has 0 bridgehead atoms. The van der Waals surface area contributed by atoms with Gasteiger partial charge < -0.3 is 4.42 Å². The van der Waals surface area contributed by atoms with Gasteiger partial charge in [0.2, 0.25) is 0 Å². The van der Waals surface area contributed by atoms with Gasteiger partial charge in [-0.05, 0) is 118 Å². The molecule has 0 radical (unpaired) electrons. The lowest BCUT2D eigenvalue weighted by atomic mass is 9.67. The maximum atomic E-state index is 7.06. The first kappa shape index (κ1) is 34.8. The predicted molar refractivity (Wildman–Crippen MR) is 260 cm³/mol. The van der Waals surface area contributed by atoms with E-state index in [4.69, 9.17) is 4.42 Å². The summed E-state index contributed by atoms with van der Waals surface area (Å²) in [5.41, 5.74) is 16.0. The van der Waals surface area contributed by atoms with Crippen molar-refractivity contribution < 1.29 is 4.42 Å². The first-order chi connectivity index (χ1) is 30.8. The third-order valence-electron chi connectivity index (χ3n) is 13.5. The van der Waals surface area contributed by atoms with Gasteiger partial charge in [0.05, 0.1) is 5.41 Å². The fraction of sp³-hybridized carbons (Fsp3) is 0.0164. The Hall–Kier alpha value is -8.00. The quantitative estimate of drug-likeness (QED) is 0.158. The zero-order valence-electron chi connectivity index (χ0n) is 33.8. The van der Waals surface area contributed by atoms with Crippen LogP contribution < -0.4 is 0 Å². The number of hydrogen-bond donors (Lipinski definition) is 0. The minimum Gasteiger partial charge on any atom is -0.455 e. The van der Waals surface area contributed by atoms with Gasteiger partial charge in [0.15, 0.2) is 0 Å². The van der Waals surface area contributed by atoms with Crippen LogP contribution in [0, 0.1) is 0 Å². The van der Waals surface area contributed by atoms with E-state index in [1.165, 1.54) is 88.0 Å². The molecule has 1 heteroatoms. The molecule has 11 aromatic carbocycles. The molecule has 1 aliphatic carbocycles. The van der Waals surface area contributed by atoms with E-state index in [0.29, 0.717) is 0 Å². The maximum Gasteiger partial charge on any atom is 0.143 e. The molecule has 12 aromatic rings. The van der Waals surface area contributed by atoms with Crippen LogP contribution in [0.3, 0.4) is 0 Å². The van der Waals surface area contributed by atoms with Crippen molar-refractivity contribution in [2.45, 2.75) is 5.41 Å². The van der Waals surface area contributed by atoms with Gasteiger partial charge in [-0.3, -0.25) is 0 Å². The molecular weight excluding hydrogens is 749 g/mol. The molecule has 1 nitrogen and oxygen atoms in total. The largest absolute Gasteiger partial charge is 0.455 e. The summed E-state index contributed by atoms with van der Waals surface area (Å²) in [6.45, 7) is 0. The lowest BCUT2D eigenvalue weighted by Gasteiger charge is -2.34. The summed E-state index contributed by atoms with van der Waals surface area (Å²) in [4.78, 5) is 0. The van der Waals surface area contributed by atoms with Crippen LogP contribution in [0.1, 0.15) is 22.3 Å². The number of hydrogen-bond acceptors (Lipinski definition) is 1.